The summed E-state index contributed by atoms with van der Waals surface area (Å²) in [4.78, 5) is 0. The van der Waals surface area contributed by atoms with Crippen molar-refractivity contribution in [1.29, 1.82) is 0 Å². The van der Waals surface area contributed by atoms with E-state index in [9.17, 15) is 0 Å². The number of aryl methyl sites for hydroxylation is 3. The van der Waals surface area contributed by atoms with E-state index in [2.05, 4.69) is 42.5 Å². The van der Waals surface area contributed by atoms with E-state index in [1.807, 2.05) is 24.7 Å². The highest BCUT2D eigenvalue weighted by Crippen LogP contribution is 2.25. The summed E-state index contributed by atoms with van der Waals surface area (Å²) in [6.45, 7) is 7.25. The molecule has 0 aliphatic rings. The molecule has 0 saturated heterocycles. The maximum atomic E-state index is 6.39. The third-order valence-electron chi connectivity index (χ3n) is 3.67. The summed E-state index contributed by atoms with van der Waals surface area (Å²) >= 11 is 6.39. The molecule has 1 aromatic carbocycles. The van der Waals surface area contributed by atoms with Crippen molar-refractivity contribution in [3.8, 4) is 0 Å². The third kappa shape index (κ3) is 4.08. The van der Waals surface area contributed by atoms with Crippen LogP contribution >= 0.6 is 11.6 Å². The lowest BCUT2D eigenvalue weighted by molar-refractivity contribution is 0.493. The molecule has 0 radical (unpaired) electrons. The van der Waals surface area contributed by atoms with E-state index in [0.717, 1.165) is 30.1 Å². The summed E-state index contributed by atoms with van der Waals surface area (Å²) in [6, 6.07) is 8.66. The van der Waals surface area contributed by atoms with Gasteiger partial charge >= 0.3 is 0 Å². The minimum Gasteiger partial charge on any atom is -0.308 e. The minimum absolute atomic E-state index is 0.233. The zero-order chi connectivity index (χ0) is 15.4. The number of nitrogens with one attached hydrogen (secondary N) is 1. The van der Waals surface area contributed by atoms with Crippen molar-refractivity contribution >= 4 is 11.6 Å². The standard InChI is InChI=1S/C17H24ClN3/c1-5-8-19-16(17-10-13(3)20-21(17)4)11-14-7-6-12(2)9-15(14)18/h6-7,9-10,16,19H,5,8,11H2,1-4H3. The lowest BCUT2D eigenvalue weighted by Crippen LogP contribution is -2.26. The van der Waals surface area contributed by atoms with Gasteiger partial charge in [0, 0.05) is 12.1 Å². The Labute approximate surface area is 132 Å². The Bertz CT molecular complexity index is 604. The smallest absolute Gasteiger partial charge is 0.0597 e. The van der Waals surface area contributed by atoms with Crippen LogP contribution in [-0.4, -0.2) is 16.3 Å². The van der Waals surface area contributed by atoms with E-state index in [1.54, 1.807) is 0 Å². The van der Waals surface area contributed by atoms with Crippen LogP contribution in [0.2, 0.25) is 5.02 Å². The lowest BCUT2D eigenvalue weighted by Gasteiger charge is -2.19. The van der Waals surface area contributed by atoms with Gasteiger partial charge < -0.3 is 5.32 Å². The van der Waals surface area contributed by atoms with Crippen LogP contribution in [-0.2, 0) is 13.5 Å². The summed E-state index contributed by atoms with van der Waals surface area (Å²) in [7, 11) is 2.00. The summed E-state index contributed by atoms with van der Waals surface area (Å²) < 4.78 is 1.96. The van der Waals surface area contributed by atoms with E-state index >= 15 is 0 Å². The fourth-order valence-corrected chi connectivity index (χ4v) is 2.91. The van der Waals surface area contributed by atoms with Crippen LogP contribution < -0.4 is 5.32 Å². The molecule has 2 aromatic rings. The topological polar surface area (TPSA) is 29.9 Å². The first kappa shape index (κ1) is 16.1. The molecule has 0 aliphatic carbocycles. The highest BCUT2D eigenvalue weighted by molar-refractivity contribution is 6.31. The average molecular weight is 306 g/mol. The Morgan fingerprint density at radius 1 is 1.29 bits per heavy atom. The number of hydrogen-bond acceptors (Lipinski definition) is 2. The molecule has 1 atom stereocenters. The molecule has 114 valence electrons. The Hall–Kier alpha value is -1.32. The Kier molecular flexibility index (Phi) is 5.43. The molecule has 0 amide bonds. The normalized spacial score (nSPS) is 12.6. The SMILES string of the molecule is CCCNC(Cc1ccc(C)cc1Cl)c1cc(C)nn1C. The van der Waals surface area contributed by atoms with Crippen molar-refractivity contribution in [2.45, 2.75) is 39.7 Å². The predicted molar refractivity (Wildman–Crippen MR) is 88.9 cm³/mol. The van der Waals surface area contributed by atoms with Gasteiger partial charge in [-0.15, -0.1) is 0 Å². The van der Waals surface area contributed by atoms with Gasteiger partial charge in [-0.3, -0.25) is 4.68 Å². The van der Waals surface area contributed by atoms with Crippen LogP contribution in [0.5, 0.6) is 0 Å². The molecule has 0 saturated carbocycles. The molecule has 1 unspecified atom stereocenters. The Balaban J connectivity index is 2.26. The third-order valence-corrected chi connectivity index (χ3v) is 4.02. The summed E-state index contributed by atoms with van der Waals surface area (Å²) in [6.07, 6.45) is 1.98. The van der Waals surface area contributed by atoms with E-state index in [1.165, 1.54) is 16.8 Å². The lowest BCUT2D eigenvalue weighted by atomic mass is 10.0. The highest BCUT2D eigenvalue weighted by Gasteiger charge is 2.17. The van der Waals surface area contributed by atoms with Crippen molar-refractivity contribution in [2.24, 2.45) is 7.05 Å². The highest BCUT2D eigenvalue weighted by atomic mass is 35.5. The van der Waals surface area contributed by atoms with Crippen LogP contribution in [0, 0.1) is 13.8 Å². The van der Waals surface area contributed by atoms with E-state index in [-0.39, 0.29) is 6.04 Å². The number of nitrogens with zero attached hydrogens (tertiary/aromatic N) is 2. The molecule has 3 nitrogen and oxygen atoms in total. The Morgan fingerprint density at radius 3 is 2.62 bits per heavy atom. The minimum atomic E-state index is 0.233. The Morgan fingerprint density at radius 2 is 2.05 bits per heavy atom. The van der Waals surface area contributed by atoms with E-state index in [0.29, 0.717) is 0 Å². The maximum absolute atomic E-state index is 6.39. The van der Waals surface area contributed by atoms with Crippen molar-refractivity contribution in [3.63, 3.8) is 0 Å². The van der Waals surface area contributed by atoms with Gasteiger partial charge in [-0.05, 0) is 56.5 Å². The molecule has 4 heteroatoms. The molecule has 0 fully saturated rings. The first-order chi connectivity index (χ1) is 10.0. The predicted octanol–water partition coefficient (Wildman–Crippen LogP) is 3.97. The van der Waals surface area contributed by atoms with E-state index in [4.69, 9.17) is 11.6 Å². The van der Waals surface area contributed by atoms with Crippen molar-refractivity contribution in [3.05, 3.63) is 51.8 Å². The fraction of sp³-hybridized carbons (Fsp3) is 0.471. The number of hydrogen-bond donors (Lipinski definition) is 1. The first-order valence-electron chi connectivity index (χ1n) is 7.50. The molecule has 2 rings (SSSR count). The molecule has 0 aliphatic heterocycles. The number of aromatic nitrogens is 2. The summed E-state index contributed by atoms with van der Waals surface area (Å²) in [5.74, 6) is 0. The average Bonchev–Trinajstić information content (AvgIpc) is 2.76. The number of halogens is 1. The second-order valence-corrected chi connectivity index (χ2v) is 6.05. The van der Waals surface area contributed by atoms with Gasteiger partial charge in [0.1, 0.15) is 0 Å². The molecule has 0 spiro atoms. The first-order valence-corrected chi connectivity index (χ1v) is 7.88. The maximum Gasteiger partial charge on any atom is 0.0597 e. The van der Waals surface area contributed by atoms with Crippen LogP contribution in [0.15, 0.2) is 24.3 Å². The van der Waals surface area contributed by atoms with Crippen molar-refractivity contribution < 1.29 is 0 Å². The van der Waals surface area contributed by atoms with Gasteiger partial charge in [0.2, 0.25) is 0 Å². The second-order valence-electron chi connectivity index (χ2n) is 5.64. The molecule has 1 N–H and O–H groups in total. The number of benzene rings is 1. The summed E-state index contributed by atoms with van der Waals surface area (Å²) in [5, 5.41) is 8.92. The van der Waals surface area contributed by atoms with Gasteiger partial charge in [0.05, 0.1) is 17.4 Å². The fourth-order valence-electron chi connectivity index (χ4n) is 2.59. The van der Waals surface area contributed by atoms with Gasteiger partial charge in [-0.2, -0.15) is 5.10 Å². The molecular weight excluding hydrogens is 282 g/mol. The number of rotatable bonds is 6. The molecule has 1 aromatic heterocycles. The van der Waals surface area contributed by atoms with Gasteiger partial charge in [0.15, 0.2) is 0 Å². The second kappa shape index (κ2) is 7.10. The zero-order valence-corrected chi connectivity index (χ0v) is 14.0. The van der Waals surface area contributed by atoms with Crippen LogP contribution in [0.25, 0.3) is 0 Å². The van der Waals surface area contributed by atoms with Gasteiger partial charge in [-0.1, -0.05) is 30.7 Å². The molecule has 0 bridgehead atoms. The monoisotopic (exact) mass is 305 g/mol. The largest absolute Gasteiger partial charge is 0.308 e. The summed E-state index contributed by atoms with van der Waals surface area (Å²) in [5.41, 5.74) is 4.62. The molecule has 1 heterocycles. The van der Waals surface area contributed by atoms with Crippen LogP contribution in [0.1, 0.15) is 41.9 Å². The van der Waals surface area contributed by atoms with Gasteiger partial charge in [-0.25, -0.2) is 0 Å². The zero-order valence-electron chi connectivity index (χ0n) is 13.3. The van der Waals surface area contributed by atoms with Crippen LogP contribution in [0.4, 0.5) is 0 Å². The quantitative estimate of drug-likeness (QED) is 0.875. The van der Waals surface area contributed by atoms with Crippen molar-refractivity contribution in [1.82, 2.24) is 15.1 Å². The van der Waals surface area contributed by atoms with Gasteiger partial charge in [0.25, 0.3) is 0 Å². The van der Waals surface area contributed by atoms with Crippen molar-refractivity contribution in [2.75, 3.05) is 6.54 Å². The van der Waals surface area contributed by atoms with Crippen LogP contribution in [0.3, 0.4) is 0 Å². The molecule has 21 heavy (non-hydrogen) atoms. The van der Waals surface area contributed by atoms with E-state index < -0.39 is 0 Å². The molecular formula is C17H24ClN3.